The van der Waals surface area contributed by atoms with Gasteiger partial charge in [0.05, 0.1) is 11.5 Å². The molecule has 0 radical (unpaired) electrons. The summed E-state index contributed by atoms with van der Waals surface area (Å²) in [7, 11) is 0. The van der Waals surface area contributed by atoms with Gasteiger partial charge in [0.2, 0.25) is 11.7 Å². The summed E-state index contributed by atoms with van der Waals surface area (Å²) >= 11 is 6.91. The Labute approximate surface area is 173 Å². The minimum Gasteiger partial charge on any atom is -0.457 e. The van der Waals surface area contributed by atoms with Gasteiger partial charge in [0.25, 0.3) is 0 Å². The molecule has 0 heterocycles. The third-order valence-electron chi connectivity index (χ3n) is 4.09. The Morgan fingerprint density at radius 3 is 2.29 bits per heavy atom. The Morgan fingerprint density at radius 1 is 0.964 bits per heavy atom. The number of carbonyl (C=O) groups excluding carboxylic acids is 3. The predicted octanol–water partition coefficient (Wildman–Crippen LogP) is 4.36. The summed E-state index contributed by atoms with van der Waals surface area (Å²) in [6.45, 7) is 5.47. The first-order chi connectivity index (χ1) is 13.3. The quantitative estimate of drug-likeness (QED) is 0.508. The van der Waals surface area contributed by atoms with Gasteiger partial charge in [-0.25, -0.2) is 0 Å². The van der Waals surface area contributed by atoms with Crippen LogP contribution in [0.15, 0.2) is 36.4 Å². The number of rotatable bonds is 8. The lowest BCUT2D eigenvalue weighted by molar-refractivity contribution is -0.139. The van der Waals surface area contributed by atoms with Gasteiger partial charge in [0.1, 0.15) is 0 Å². The fraction of sp³-hybridized carbons (Fsp3) is 0.286. The molecule has 0 atom stereocenters. The fourth-order valence-corrected chi connectivity index (χ4v) is 3.22. The molecule has 7 heteroatoms. The van der Waals surface area contributed by atoms with Crippen molar-refractivity contribution < 1.29 is 19.1 Å². The topological polar surface area (TPSA) is 72.5 Å². The first kappa shape index (κ1) is 22.0. The average molecular weight is 420 g/mol. The smallest absolute Gasteiger partial charge is 0.316 e. The van der Waals surface area contributed by atoms with Crippen LogP contribution in [0.5, 0.6) is 0 Å². The van der Waals surface area contributed by atoms with Crippen LogP contribution in [0, 0.1) is 20.8 Å². The number of ether oxygens (including phenoxy) is 1. The second kappa shape index (κ2) is 10.3. The van der Waals surface area contributed by atoms with Crippen LogP contribution >= 0.6 is 23.4 Å². The Bertz CT molecular complexity index is 881. The van der Waals surface area contributed by atoms with Gasteiger partial charge in [-0.15, -0.1) is 11.8 Å². The molecule has 0 saturated carbocycles. The maximum absolute atomic E-state index is 12.3. The summed E-state index contributed by atoms with van der Waals surface area (Å²) in [6.07, 6.45) is 0. The molecule has 0 aromatic heterocycles. The minimum atomic E-state index is -0.529. The molecular formula is C21H22ClNO4S. The molecule has 0 saturated heterocycles. The van der Waals surface area contributed by atoms with Crippen molar-refractivity contribution in [3.05, 3.63) is 63.7 Å². The number of benzene rings is 2. The van der Waals surface area contributed by atoms with E-state index in [1.807, 2.05) is 32.9 Å². The van der Waals surface area contributed by atoms with Crippen molar-refractivity contribution in [1.82, 2.24) is 0 Å². The average Bonchev–Trinajstić information content (AvgIpc) is 2.64. The third-order valence-corrected chi connectivity index (χ3v) is 5.24. The van der Waals surface area contributed by atoms with Crippen LogP contribution in [-0.2, 0) is 14.3 Å². The first-order valence-electron chi connectivity index (χ1n) is 8.66. The molecule has 28 heavy (non-hydrogen) atoms. The fourth-order valence-electron chi connectivity index (χ4n) is 2.48. The van der Waals surface area contributed by atoms with E-state index in [0.717, 1.165) is 28.5 Å². The van der Waals surface area contributed by atoms with E-state index in [9.17, 15) is 14.4 Å². The van der Waals surface area contributed by atoms with E-state index in [-0.39, 0.29) is 29.8 Å². The summed E-state index contributed by atoms with van der Waals surface area (Å²) in [5.41, 5.74) is 4.18. The number of aryl methyl sites for hydroxylation is 3. The van der Waals surface area contributed by atoms with Crippen LogP contribution in [0.4, 0.5) is 5.69 Å². The normalized spacial score (nSPS) is 10.4. The van der Waals surface area contributed by atoms with Gasteiger partial charge in [-0.2, -0.15) is 0 Å². The van der Waals surface area contributed by atoms with E-state index >= 15 is 0 Å². The number of hydrogen-bond acceptors (Lipinski definition) is 5. The van der Waals surface area contributed by atoms with Crippen LogP contribution in [0.2, 0.25) is 5.02 Å². The van der Waals surface area contributed by atoms with Crippen molar-refractivity contribution in [3.63, 3.8) is 0 Å². The second-order valence-corrected chi connectivity index (χ2v) is 7.81. The van der Waals surface area contributed by atoms with Gasteiger partial charge in [-0.1, -0.05) is 17.7 Å². The number of nitrogens with one attached hydrogen (secondary N) is 1. The van der Waals surface area contributed by atoms with Crippen molar-refractivity contribution in [1.29, 1.82) is 0 Å². The Hall–Kier alpha value is -2.31. The summed E-state index contributed by atoms with van der Waals surface area (Å²) in [5, 5.41) is 3.29. The van der Waals surface area contributed by atoms with Crippen molar-refractivity contribution in [2.45, 2.75) is 20.8 Å². The first-order valence-corrected chi connectivity index (χ1v) is 10.2. The van der Waals surface area contributed by atoms with E-state index in [4.69, 9.17) is 16.3 Å². The van der Waals surface area contributed by atoms with Gasteiger partial charge in [0, 0.05) is 16.3 Å². The van der Waals surface area contributed by atoms with Crippen LogP contribution in [0.1, 0.15) is 27.0 Å². The molecule has 0 aliphatic rings. The molecular weight excluding hydrogens is 398 g/mol. The summed E-state index contributed by atoms with van der Waals surface area (Å²) in [4.78, 5) is 36.0. The lowest BCUT2D eigenvalue weighted by Gasteiger charge is -2.09. The maximum atomic E-state index is 12.3. The summed E-state index contributed by atoms with van der Waals surface area (Å²) < 4.78 is 5.04. The monoisotopic (exact) mass is 419 g/mol. The van der Waals surface area contributed by atoms with Gasteiger partial charge >= 0.3 is 5.97 Å². The number of hydrogen-bond donors (Lipinski definition) is 1. The minimum absolute atomic E-state index is 0.00672. The largest absolute Gasteiger partial charge is 0.457 e. The highest BCUT2D eigenvalue weighted by Crippen LogP contribution is 2.16. The van der Waals surface area contributed by atoms with Gasteiger partial charge < -0.3 is 10.1 Å². The number of thioether (sulfide) groups is 1. The number of anilines is 1. The van der Waals surface area contributed by atoms with Gasteiger partial charge in [-0.3, -0.25) is 14.4 Å². The highest BCUT2D eigenvalue weighted by Gasteiger charge is 2.14. The number of Topliss-reactive ketones (excluding diaryl/α,β-unsaturated/α-hetero) is 1. The molecule has 148 valence electrons. The molecule has 0 bridgehead atoms. The van der Waals surface area contributed by atoms with Gasteiger partial charge in [0.15, 0.2) is 6.61 Å². The molecule has 5 nitrogen and oxygen atoms in total. The Morgan fingerprint density at radius 2 is 1.61 bits per heavy atom. The number of ketones is 1. The van der Waals surface area contributed by atoms with Crippen molar-refractivity contribution >= 4 is 46.7 Å². The van der Waals surface area contributed by atoms with E-state index in [1.54, 1.807) is 24.3 Å². The van der Waals surface area contributed by atoms with E-state index < -0.39 is 5.97 Å². The zero-order valence-corrected chi connectivity index (χ0v) is 17.6. The molecule has 2 aromatic carbocycles. The summed E-state index contributed by atoms with van der Waals surface area (Å²) in [6, 6.07) is 10.5. The Balaban J connectivity index is 1.72. The molecule has 0 spiro atoms. The zero-order chi connectivity index (χ0) is 20.7. The second-order valence-electron chi connectivity index (χ2n) is 6.38. The van der Waals surface area contributed by atoms with Crippen LogP contribution in [-0.4, -0.2) is 35.8 Å². The molecule has 0 aliphatic heterocycles. The highest BCUT2D eigenvalue weighted by molar-refractivity contribution is 8.00. The van der Waals surface area contributed by atoms with Crippen LogP contribution in [0.3, 0.4) is 0 Å². The molecule has 2 rings (SSSR count). The molecule has 0 unspecified atom stereocenters. The molecule has 1 amide bonds. The number of amides is 1. The maximum Gasteiger partial charge on any atom is 0.316 e. The Kier molecular flexibility index (Phi) is 8.08. The van der Waals surface area contributed by atoms with Gasteiger partial charge in [-0.05, 0) is 67.8 Å². The molecule has 0 aliphatic carbocycles. The molecule has 1 N–H and O–H groups in total. The molecule has 2 aromatic rings. The molecule has 0 fully saturated rings. The van der Waals surface area contributed by atoms with Crippen molar-refractivity contribution in [2.24, 2.45) is 0 Å². The SMILES string of the molecule is Cc1cc(C)c(C(=O)COC(=O)CSCC(=O)Nc2ccc(Cl)cc2)cc1C. The van der Waals surface area contributed by atoms with Crippen molar-refractivity contribution in [2.75, 3.05) is 23.4 Å². The van der Waals surface area contributed by atoms with E-state index in [0.29, 0.717) is 16.3 Å². The number of halogens is 1. The standard InChI is InChI=1S/C21H22ClNO4S/c1-13-8-15(3)18(9-14(13)2)19(24)10-27-21(26)12-28-11-20(25)23-17-6-4-16(22)5-7-17/h4-9H,10-12H2,1-3H3,(H,23,25). The number of esters is 1. The number of carbonyl (C=O) groups is 3. The van der Waals surface area contributed by atoms with E-state index in [2.05, 4.69) is 5.32 Å². The third kappa shape index (κ3) is 6.69. The predicted molar refractivity (Wildman–Crippen MR) is 113 cm³/mol. The zero-order valence-electron chi connectivity index (χ0n) is 16.0. The lowest BCUT2D eigenvalue weighted by atomic mass is 9.98. The van der Waals surface area contributed by atoms with Crippen LogP contribution in [0.25, 0.3) is 0 Å². The lowest BCUT2D eigenvalue weighted by Crippen LogP contribution is -2.18. The highest BCUT2D eigenvalue weighted by atomic mass is 35.5. The summed E-state index contributed by atoms with van der Waals surface area (Å²) in [5.74, 6) is -0.907. The van der Waals surface area contributed by atoms with Crippen molar-refractivity contribution in [3.8, 4) is 0 Å². The van der Waals surface area contributed by atoms with Crippen LogP contribution < -0.4 is 5.32 Å². The van der Waals surface area contributed by atoms with E-state index in [1.165, 1.54) is 0 Å².